The highest BCUT2D eigenvalue weighted by atomic mass is 16.5. The molecule has 1 aromatic rings. The molecule has 2 unspecified atom stereocenters. The van der Waals surface area contributed by atoms with E-state index in [-0.39, 0.29) is 11.8 Å². The number of hydrogen-bond donors (Lipinski definition) is 3. The molecule has 3 N–H and O–H groups in total. The van der Waals surface area contributed by atoms with Crippen molar-refractivity contribution in [3.8, 4) is 11.5 Å². The number of phenols is 1. The van der Waals surface area contributed by atoms with Crippen LogP contribution in [0.2, 0.25) is 0 Å². The van der Waals surface area contributed by atoms with Gasteiger partial charge in [-0.2, -0.15) is 0 Å². The molecule has 1 saturated heterocycles. The van der Waals surface area contributed by atoms with E-state index in [1.54, 1.807) is 6.07 Å². The van der Waals surface area contributed by atoms with Crippen LogP contribution in [0.4, 0.5) is 0 Å². The quantitative estimate of drug-likeness (QED) is 0.755. The van der Waals surface area contributed by atoms with Crippen molar-refractivity contribution >= 4 is 0 Å². The van der Waals surface area contributed by atoms with Crippen LogP contribution in [0.1, 0.15) is 43.2 Å². The van der Waals surface area contributed by atoms with Gasteiger partial charge in [0.05, 0.1) is 17.1 Å². The second-order valence-electron chi connectivity index (χ2n) is 8.90. The average Bonchev–Trinajstić information content (AvgIpc) is 3.32. The average molecular weight is 343 g/mol. The Morgan fingerprint density at radius 1 is 1.20 bits per heavy atom. The summed E-state index contributed by atoms with van der Waals surface area (Å²) in [6.07, 6.45) is 4.35. The summed E-state index contributed by atoms with van der Waals surface area (Å²) in [7, 11) is 0. The molecule has 5 aliphatic rings. The van der Waals surface area contributed by atoms with Crippen LogP contribution in [-0.4, -0.2) is 57.2 Å². The monoisotopic (exact) mass is 343 g/mol. The first-order valence-electron chi connectivity index (χ1n) is 9.71. The zero-order chi connectivity index (χ0) is 17.0. The van der Waals surface area contributed by atoms with Crippen molar-refractivity contribution in [2.75, 3.05) is 13.1 Å². The molecule has 3 fully saturated rings. The zero-order valence-electron chi connectivity index (χ0n) is 14.3. The lowest BCUT2D eigenvalue weighted by Gasteiger charge is -2.63. The molecule has 134 valence electrons. The number of rotatable bonds is 2. The van der Waals surface area contributed by atoms with Crippen molar-refractivity contribution in [3.05, 3.63) is 23.3 Å². The molecule has 25 heavy (non-hydrogen) atoms. The van der Waals surface area contributed by atoms with Crippen LogP contribution in [0.3, 0.4) is 0 Å². The number of aromatic hydroxyl groups is 1. The lowest BCUT2D eigenvalue weighted by molar-refractivity contribution is -0.208. The van der Waals surface area contributed by atoms with Crippen molar-refractivity contribution < 1.29 is 20.1 Å². The van der Waals surface area contributed by atoms with Gasteiger partial charge >= 0.3 is 0 Å². The van der Waals surface area contributed by atoms with Crippen LogP contribution in [0.5, 0.6) is 11.5 Å². The second-order valence-corrected chi connectivity index (χ2v) is 8.90. The first kappa shape index (κ1) is 14.8. The molecular formula is C20H25NO4. The molecular weight excluding hydrogens is 318 g/mol. The Morgan fingerprint density at radius 3 is 2.84 bits per heavy atom. The lowest BCUT2D eigenvalue weighted by Crippen LogP contribution is -2.77. The number of aliphatic hydroxyl groups is 2. The number of benzene rings is 1. The van der Waals surface area contributed by atoms with E-state index < -0.39 is 23.2 Å². The number of piperidine rings is 1. The van der Waals surface area contributed by atoms with E-state index in [9.17, 15) is 15.3 Å². The summed E-state index contributed by atoms with van der Waals surface area (Å²) in [6, 6.07) is 3.79. The van der Waals surface area contributed by atoms with Crippen LogP contribution >= 0.6 is 0 Å². The van der Waals surface area contributed by atoms with Gasteiger partial charge in [0.15, 0.2) is 11.5 Å². The molecule has 0 aromatic heterocycles. The molecule has 5 nitrogen and oxygen atoms in total. The molecule has 0 amide bonds. The predicted molar refractivity (Wildman–Crippen MR) is 90.8 cm³/mol. The Morgan fingerprint density at radius 2 is 2.04 bits per heavy atom. The summed E-state index contributed by atoms with van der Waals surface area (Å²) >= 11 is 0. The Balaban J connectivity index is 1.57. The van der Waals surface area contributed by atoms with E-state index in [1.165, 1.54) is 18.4 Å². The maximum atomic E-state index is 12.0. The fourth-order valence-corrected chi connectivity index (χ4v) is 6.46. The first-order chi connectivity index (χ1) is 12.0. The standard InChI is InChI=1S/C20H25NO4/c22-13-4-3-12-9-15-20(24)6-5-14(23)18-19(20,16(12)17(13)25-18)7-8-21(15)10-11-1-2-11/h3-4,11,14-15,18,22-24H,1-2,5-10H2/t14-,15?,18+,19?,20-/m1/s1. The molecule has 2 bridgehead atoms. The summed E-state index contributed by atoms with van der Waals surface area (Å²) in [4.78, 5) is 2.51. The van der Waals surface area contributed by atoms with Crippen LogP contribution in [0.25, 0.3) is 0 Å². The summed E-state index contributed by atoms with van der Waals surface area (Å²) in [6.45, 7) is 2.02. The van der Waals surface area contributed by atoms with Crippen molar-refractivity contribution in [1.82, 2.24) is 4.90 Å². The van der Waals surface area contributed by atoms with Gasteiger partial charge in [0.2, 0.25) is 0 Å². The number of nitrogens with zero attached hydrogens (tertiary/aromatic N) is 1. The van der Waals surface area contributed by atoms with Crippen LogP contribution in [-0.2, 0) is 11.8 Å². The summed E-state index contributed by atoms with van der Waals surface area (Å²) in [5, 5.41) is 33.1. The third-order valence-electron chi connectivity index (χ3n) is 7.73. The van der Waals surface area contributed by atoms with E-state index in [4.69, 9.17) is 4.74 Å². The summed E-state index contributed by atoms with van der Waals surface area (Å²) in [5.41, 5.74) is 0.716. The van der Waals surface area contributed by atoms with Gasteiger partial charge in [-0.3, -0.25) is 4.90 Å². The third-order valence-corrected chi connectivity index (χ3v) is 7.73. The molecule has 2 aliphatic heterocycles. The minimum absolute atomic E-state index is 0.0865. The van der Waals surface area contributed by atoms with Gasteiger partial charge in [-0.05, 0) is 62.6 Å². The van der Waals surface area contributed by atoms with E-state index >= 15 is 0 Å². The number of ether oxygens (including phenoxy) is 1. The maximum absolute atomic E-state index is 12.0. The number of aliphatic hydroxyl groups excluding tert-OH is 1. The molecule has 5 heteroatoms. The van der Waals surface area contributed by atoms with Crippen molar-refractivity contribution in [1.29, 1.82) is 0 Å². The third kappa shape index (κ3) is 1.61. The van der Waals surface area contributed by atoms with Crippen molar-refractivity contribution in [3.63, 3.8) is 0 Å². The van der Waals surface area contributed by atoms with Gasteiger partial charge in [-0.1, -0.05) is 6.07 Å². The molecule has 1 aromatic carbocycles. The van der Waals surface area contributed by atoms with Crippen LogP contribution < -0.4 is 4.74 Å². The summed E-state index contributed by atoms with van der Waals surface area (Å²) < 4.78 is 6.14. The second kappa shape index (κ2) is 4.51. The van der Waals surface area contributed by atoms with Gasteiger partial charge < -0.3 is 20.1 Å². The Hall–Kier alpha value is -1.30. The Bertz CT molecular complexity index is 762. The molecule has 3 aliphatic carbocycles. The van der Waals surface area contributed by atoms with Gasteiger partial charge in [0, 0.05) is 18.2 Å². The van der Waals surface area contributed by atoms with E-state index in [1.807, 2.05) is 6.07 Å². The lowest BCUT2D eigenvalue weighted by atomic mass is 9.48. The molecule has 2 heterocycles. The Labute approximate surface area is 147 Å². The molecule has 0 radical (unpaired) electrons. The fraction of sp³-hybridized carbons (Fsp3) is 0.700. The highest BCUT2D eigenvalue weighted by Crippen LogP contribution is 2.65. The van der Waals surface area contributed by atoms with Gasteiger partial charge in [-0.15, -0.1) is 0 Å². The van der Waals surface area contributed by atoms with E-state index in [0.29, 0.717) is 18.6 Å². The molecule has 2 saturated carbocycles. The minimum atomic E-state index is -0.879. The topological polar surface area (TPSA) is 73.2 Å². The smallest absolute Gasteiger partial charge is 0.165 e. The number of hydrogen-bond acceptors (Lipinski definition) is 5. The number of phenolic OH excluding ortho intramolecular Hbond substituents is 1. The van der Waals surface area contributed by atoms with Crippen LogP contribution in [0, 0.1) is 5.92 Å². The van der Waals surface area contributed by atoms with Gasteiger partial charge in [0.25, 0.3) is 0 Å². The van der Waals surface area contributed by atoms with E-state index in [0.717, 1.165) is 37.4 Å². The highest BCUT2D eigenvalue weighted by molar-refractivity contribution is 5.62. The maximum Gasteiger partial charge on any atom is 0.165 e. The fourth-order valence-electron chi connectivity index (χ4n) is 6.46. The largest absolute Gasteiger partial charge is 0.504 e. The Kier molecular flexibility index (Phi) is 2.67. The SMILES string of the molecule is Oc1ccc2c3c1O[C@H]1[C@H](O)CC[C@@]4(O)C(C2)N(CC2CC2)CCC314. The normalized spacial score (nSPS) is 44.3. The zero-order valence-corrected chi connectivity index (χ0v) is 14.3. The first-order valence-corrected chi connectivity index (χ1v) is 9.71. The van der Waals surface area contributed by atoms with Crippen molar-refractivity contribution in [2.45, 2.75) is 67.8 Å². The minimum Gasteiger partial charge on any atom is -0.504 e. The van der Waals surface area contributed by atoms with Crippen LogP contribution in [0.15, 0.2) is 12.1 Å². The number of likely N-dealkylation sites (tertiary alicyclic amines) is 1. The molecule has 5 atom stereocenters. The van der Waals surface area contributed by atoms with Gasteiger partial charge in [-0.25, -0.2) is 0 Å². The summed E-state index contributed by atoms with van der Waals surface area (Å²) in [5.74, 6) is 1.44. The highest BCUT2D eigenvalue weighted by Gasteiger charge is 2.72. The van der Waals surface area contributed by atoms with E-state index in [2.05, 4.69) is 4.90 Å². The van der Waals surface area contributed by atoms with Crippen molar-refractivity contribution in [2.24, 2.45) is 5.92 Å². The van der Waals surface area contributed by atoms with Gasteiger partial charge in [0.1, 0.15) is 6.10 Å². The predicted octanol–water partition coefficient (Wildman–Crippen LogP) is 1.32. The molecule has 6 rings (SSSR count). The molecule has 1 spiro atoms.